The molecule has 0 aliphatic rings. The number of oxazole rings is 1. The first-order chi connectivity index (χ1) is 5.50. The second kappa shape index (κ2) is 4.13. The third kappa shape index (κ3) is 2.94. The molecule has 5 heteroatoms. The normalized spacial score (nSPS) is 10.5. The van der Waals surface area contributed by atoms with Crippen molar-refractivity contribution >= 4 is 0 Å². The van der Waals surface area contributed by atoms with Gasteiger partial charge in [0.2, 0.25) is 0 Å². The molecule has 70 valence electrons. The van der Waals surface area contributed by atoms with Crippen LogP contribution in [0.25, 0.3) is 0 Å². The lowest BCUT2D eigenvalue weighted by Crippen LogP contribution is -2.04. The smallest absolute Gasteiger partial charge is 0.436 e. The summed E-state index contributed by atoms with van der Waals surface area (Å²) in [4.78, 5) is 3.09. The van der Waals surface area contributed by atoms with Gasteiger partial charge in [0, 0.05) is 6.92 Å². The lowest BCUT2D eigenvalue weighted by Gasteiger charge is -1.97. The molecule has 0 radical (unpaired) electrons. The first-order valence-corrected chi connectivity index (χ1v) is 3.49. The van der Waals surface area contributed by atoms with E-state index in [9.17, 15) is 13.2 Å². The highest BCUT2D eigenvalue weighted by Gasteiger charge is 2.34. The molecule has 1 aromatic heterocycles. The largest absolute Gasteiger partial charge is 0.449 e. The minimum Gasteiger partial charge on any atom is -0.449 e. The van der Waals surface area contributed by atoms with Gasteiger partial charge < -0.3 is 4.42 Å². The summed E-state index contributed by atoms with van der Waals surface area (Å²) in [5, 5.41) is 0. The minimum atomic E-state index is -4.39. The van der Waals surface area contributed by atoms with Crippen molar-refractivity contribution in [3.8, 4) is 0 Å². The molecular weight excluding hydrogens is 171 g/mol. The zero-order valence-electron chi connectivity index (χ0n) is 7.07. The van der Waals surface area contributed by atoms with Crippen LogP contribution in [0.3, 0.4) is 0 Å². The topological polar surface area (TPSA) is 26.0 Å². The number of rotatable bonds is 0. The summed E-state index contributed by atoms with van der Waals surface area (Å²) in [6, 6.07) is 0. The molecule has 2 nitrogen and oxygen atoms in total. The summed E-state index contributed by atoms with van der Waals surface area (Å²) >= 11 is 0. The molecule has 1 heterocycles. The van der Waals surface area contributed by atoms with Crippen molar-refractivity contribution in [2.75, 3.05) is 0 Å². The Morgan fingerprint density at radius 1 is 1.33 bits per heavy atom. The molecule has 0 amide bonds. The van der Waals surface area contributed by atoms with E-state index >= 15 is 0 Å². The number of hydrogen-bond donors (Lipinski definition) is 0. The first kappa shape index (κ1) is 11.0. The monoisotopic (exact) mass is 181 g/mol. The molecule has 0 aliphatic heterocycles. The Morgan fingerprint density at radius 3 is 2.00 bits per heavy atom. The van der Waals surface area contributed by atoms with Gasteiger partial charge in [-0.3, -0.25) is 0 Å². The molecule has 0 unspecified atom stereocenters. The number of aryl methyl sites for hydroxylation is 1. The van der Waals surface area contributed by atoms with Gasteiger partial charge in [0.05, 0.1) is 0 Å². The molecule has 0 saturated heterocycles. The third-order valence-electron chi connectivity index (χ3n) is 0.909. The Labute approximate surface area is 68.4 Å². The van der Waals surface area contributed by atoms with Crippen LogP contribution in [0.4, 0.5) is 13.2 Å². The molecule has 0 fully saturated rings. The maximum atomic E-state index is 11.7. The molecule has 0 atom stereocenters. The van der Waals surface area contributed by atoms with Gasteiger partial charge in [-0.15, -0.1) is 0 Å². The van der Waals surface area contributed by atoms with Crippen molar-refractivity contribution in [3.63, 3.8) is 0 Å². The fourth-order valence-corrected chi connectivity index (χ4v) is 0.494. The number of halogens is 3. The van der Waals surface area contributed by atoms with E-state index in [-0.39, 0.29) is 5.89 Å². The summed E-state index contributed by atoms with van der Waals surface area (Å²) in [5.41, 5.74) is -0.981. The standard InChI is InChI=1S/C5H4F3NO.C2H6/c1-3-9-4(2-10-3)5(6,7)8;1-2/h2H,1H3;1-2H3. The van der Waals surface area contributed by atoms with Gasteiger partial charge >= 0.3 is 6.18 Å². The Balaban J connectivity index is 0.000000561. The highest BCUT2D eigenvalue weighted by atomic mass is 19.4. The van der Waals surface area contributed by atoms with E-state index in [0.29, 0.717) is 6.26 Å². The van der Waals surface area contributed by atoms with Crippen LogP contribution >= 0.6 is 0 Å². The van der Waals surface area contributed by atoms with Crippen molar-refractivity contribution in [1.82, 2.24) is 4.98 Å². The summed E-state index contributed by atoms with van der Waals surface area (Å²) in [6.07, 6.45) is -3.80. The molecule has 0 aliphatic carbocycles. The Bertz CT molecular complexity index is 229. The molecule has 0 N–H and O–H groups in total. The van der Waals surface area contributed by atoms with Gasteiger partial charge in [0.1, 0.15) is 6.26 Å². The second-order valence-electron chi connectivity index (χ2n) is 1.75. The molecule has 0 bridgehead atoms. The summed E-state index contributed by atoms with van der Waals surface area (Å²) in [5.74, 6) is 0.0207. The lowest BCUT2D eigenvalue weighted by atomic mass is 10.5. The van der Waals surface area contributed by atoms with Crippen molar-refractivity contribution in [3.05, 3.63) is 17.8 Å². The lowest BCUT2D eigenvalue weighted by molar-refractivity contribution is -0.141. The number of aromatic nitrogens is 1. The number of alkyl halides is 3. The Kier molecular flexibility index (Phi) is 3.79. The molecule has 1 aromatic rings. The van der Waals surface area contributed by atoms with Crippen molar-refractivity contribution in [1.29, 1.82) is 0 Å². The highest BCUT2D eigenvalue weighted by Crippen LogP contribution is 2.27. The van der Waals surface area contributed by atoms with E-state index < -0.39 is 11.9 Å². The zero-order chi connectivity index (χ0) is 9.78. The maximum absolute atomic E-state index is 11.7. The van der Waals surface area contributed by atoms with Gasteiger partial charge in [-0.1, -0.05) is 13.8 Å². The third-order valence-corrected chi connectivity index (χ3v) is 0.909. The highest BCUT2D eigenvalue weighted by molar-refractivity contribution is 4.99. The molecular formula is C7H10F3NO. The quantitative estimate of drug-likeness (QED) is 0.614. The van der Waals surface area contributed by atoms with E-state index in [4.69, 9.17) is 0 Å². The van der Waals surface area contributed by atoms with E-state index in [1.165, 1.54) is 6.92 Å². The van der Waals surface area contributed by atoms with Crippen LogP contribution in [0.5, 0.6) is 0 Å². The molecule has 1 rings (SSSR count). The van der Waals surface area contributed by atoms with Gasteiger partial charge in [0.15, 0.2) is 11.6 Å². The van der Waals surface area contributed by atoms with Crippen LogP contribution < -0.4 is 0 Å². The van der Waals surface area contributed by atoms with E-state index in [1.54, 1.807) is 0 Å². The van der Waals surface area contributed by atoms with Crippen LogP contribution in [0.1, 0.15) is 25.4 Å². The Hall–Kier alpha value is -1.00. The van der Waals surface area contributed by atoms with Gasteiger partial charge in [-0.25, -0.2) is 4.98 Å². The van der Waals surface area contributed by atoms with Crippen molar-refractivity contribution in [2.45, 2.75) is 26.9 Å². The fraction of sp³-hybridized carbons (Fsp3) is 0.571. The average Bonchev–Trinajstić information content (AvgIpc) is 2.39. The molecule has 0 spiro atoms. The average molecular weight is 181 g/mol. The van der Waals surface area contributed by atoms with E-state index in [0.717, 1.165) is 0 Å². The summed E-state index contributed by atoms with van der Waals surface area (Å²) in [7, 11) is 0. The van der Waals surface area contributed by atoms with Gasteiger partial charge in [-0.05, 0) is 0 Å². The maximum Gasteiger partial charge on any atom is 0.436 e. The molecule has 12 heavy (non-hydrogen) atoms. The van der Waals surface area contributed by atoms with Crippen LogP contribution in [0, 0.1) is 6.92 Å². The van der Waals surface area contributed by atoms with Crippen molar-refractivity contribution < 1.29 is 17.6 Å². The van der Waals surface area contributed by atoms with Crippen LogP contribution in [0.15, 0.2) is 10.7 Å². The summed E-state index contributed by atoms with van der Waals surface area (Å²) in [6.45, 7) is 5.36. The predicted octanol–water partition coefficient (Wildman–Crippen LogP) is 3.03. The zero-order valence-corrected chi connectivity index (χ0v) is 7.07. The number of nitrogens with zero attached hydrogens (tertiary/aromatic N) is 1. The Morgan fingerprint density at radius 2 is 1.83 bits per heavy atom. The van der Waals surface area contributed by atoms with Crippen LogP contribution in [-0.4, -0.2) is 4.98 Å². The first-order valence-electron chi connectivity index (χ1n) is 3.49. The van der Waals surface area contributed by atoms with E-state index in [1.807, 2.05) is 13.8 Å². The minimum absolute atomic E-state index is 0.0207. The fourth-order valence-electron chi connectivity index (χ4n) is 0.494. The number of hydrogen-bond acceptors (Lipinski definition) is 2. The van der Waals surface area contributed by atoms with Gasteiger partial charge in [-0.2, -0.15) is 13.2 Å². The van der Waals surface area contributed by atoms with Crippen LogP contribution in [0.2, 0.25) is 0 Å². The molecule has 0 aromatic carbocycles. The molecule has 0 saturated carbocycles. The summed E-state index contributed by atoms with van der Waals surface area (Å²) < 4.78 is 39.4. The SMILES string of the molecule is CC.Cc1nc(C(F)(F)F)co1. The van der Waals surface area contributed by atoms with E-state index in [2.05, 4.69) is 9.40 Å². The van der Waals surface area contributed by atoms with Gasteiger partial charge in [0.25, 0.3) is 0 Å². The van der Waals surface area contributed by atoms with Crippen molar-refractivity contribution in [2.24, 2.45) is 0 Å². The van der Waals surface area contributed by atoms with Crippen LogP contribution in [-0.2, 0) is 6.18 Å². The predicted molar refractivity (Wildman–Crippen MR) is 37.6 cm³/mol. The second-order valence-corrected chi connectivity index (χ2v) is 1.75.